The second kappa shape index (κ2) is 7.74. The summed E-state index contributed by atoms with van der Waals surface area (Å²) in [6.07, 6.45) is 5.70. The van der Waals surface area contributed by atoms with E-state index in [0.29, 0.717) is 6.04 Å². The molecule has 4 heteroatoms. The molecule has 1 aliphatic carbocycles. The van der Waals surface area contributed by atoms with Crippen LogP contribution in [0, 0.1) is 5.92 Å². The Balaban J connectivity index is 2.12. The van der Waals surface area contributed by atoms with Crippen LogP contribution < -0.4 is 5.32 Å². The summed E-state index contributed by atoms with van der Waals surface area (Å²) in [6, 6.07) is 0.402. The second-order valence-corrected chi connectivity index (χ2v) is 5.37. The van der Waals surface area contributed by atoms with Crippen LogP contribution in [0.1, 0.15) is 25.7 Å². The maximum Gasteiger partial charge on any atom is 0.306 e. The Morgan fingerprint density at radius 1 is 1.56 bits per heavy atom. The third kappa shape index (κ3) is 5.03. The average Bonchev–Trinajstić information content (AvgIpc) is 2.29. The van der Waals surface area contributed by atoms with Gasteiger partial charge < -0.3 is 10.4 Å². The van der Waals surface area contributed by atoms with Crippen molar-refractivity contribution in [3.05, 3.63) is 12.7 Å². The van der Waals surface area contributed by atoms with Crippen LogP contribution in [-0.4, -0.2) is 35.2 Å². The third-order valence-corrected chi connectivity index (χ3v) is 3.90. The van der Waals surface area contributed by atoms with Gasteiger partial charge in [-0.05, 0) is 19.3 Å². The van der Waals surface area contributed by atoms with Crippen LogP contribution in [0.5, 0.6) is 0 Å². The van der Waals surface area contributed by atoms with Crippen molar-refractivity contribution in [1.29, 1.82) is 0 Å². The maximum atomic E-state index is 10.9. The van der Waals surface area contributed by atoms with Gasteiger partial charge in [-0.15, -0.1) is 6.58 Å². The Labute approximate surface area is 102 Å². The number of hydrogen-bond donors (Lipinski definition) is 2. The Morgan fingerprint density at radius 3 is 3.06 bits per heavy atom. The molecule has 0 aromatic carbocycles. The summed E-state index contributed by atoms with van der Waals surface area (Å²) in [5, 5.41) is 12.4. The molecular formula is C12H21NO2S. The molecule has 16 heavy (non-hydrogen) atoms. The van der Waals surface area contributed by atoms with Gasteiger partial charge in [-0.2, -0.15) is 11.8 Å². The van der Waals surface area contributed by atoms with Crippen LogP contribution in [0.4, 0.5) is 0 Å². The first-order valence-corrected chi connectivity index (χ1v) is 7.04. The fourth-order valence-electron chi connectivity index (χ4n) is 2.10. The van der Waals surface area contributed by atoms with Crippen molar-refractivity contribution in [2.24, 2.45) is 5.92 Å². The zero-order valence-corrected chi connectivity index (χ0v) is 10.5. The molecule has 0 saturated heterocycles. The number of rotatable bonds is 7. The highest BCUT2D eigenvalue weighted by Gasteiger charge is 2.26. The van der Waals surface area contributed by atoms with Crippen LogP contribution in [0.25, 0.3) is 0 Å². The minimum Gasteiger partial charge on any atom is -0.481 e. The molecule has 0 aromatic heterocycles. The molecule has 0 radical (unpaired) electrons. The number of carboxylic acid groups (broad SMARTS) is 1. The molecule has 0 heterocycles. The van der Waals surface area contributed by atoms with Crippen LogP contribution in [0.3, 0.4) is 0 Å². The van der Waals surface area contributed by atoms with Gasteiger partial charge in [0.15, 0.2) is 0 Å². The summed E-state index contributed by atoms with van der Waals surface area (Å²) in [5.41, 5.74) is 0. The van der Waals surface area contributed by atoms with E-state index in [4.69, 9.17) is 5.11 Å². The molecule has 2 unspecified atom stereocenters. The predicted octanol–water partition coefficient (Wildman–Crippen LogP) is 2.14. The van der Waals surface area contributed by atoms with Gasteiger partial charge in [0.25, 0.3) is 0 Å². The van der Waals surface area contributed by atoms with Gasteiger partial charge in [-0.3, -0.25) is 4.79 Å². The van der Waals surface area contributed by atoms with Crippen molar-refractivity contribution < 1.29 is 9.90 Å². The molecule has 3 nitrogen and oxygen atoms in total. The van der Waals surface area contributed by atoms with E-state index in [1.54, 1.807) is 0 Å². The monoisotopic (exact) mass is 243 g/mol. The van der Waals surface area contributed by atoms with Gasteiger partial charge in [-0.25, -0.2) is 0 Å². The van der Waals surface area contributed by atoms with Crippen molar-refractivity contribution >= 4 is 17.7 Å². The van der Waals surface area contributed by atoms with Crippen molar-refractivity contribution in [1.82, 2.24) is 5.32 Å². The maximum absolute atomic E-state index is 10.9. The molecule has 0 spiro atoms. The lowest BCUT2D eigenvalue weighted by atomic mass is 9.86. The molecule has 1 fully saturated rings. The Bertz CT molecular complexity index is 233. The molecular weight excluding hydrogens is 222 g/mol. The second-order valence-electron chi connectivity index (χ2n) is 4.22. The number of carbonyl (C=O) groups is 1. The lowest BCUT2D eigenvalue weighted by molar-refractivity contribution is -0.143. The fraction of sp³-hybridized carbons (Fsp3) is 0.750. The standard InChI is InChI=1S/C12H21NO2S/c1-2-7-16-8-6-13-11-5-3-4-10(9-11)12(14)15/h2,10-11,13H,1,3-9H2,(H,14,15). The molecule has 0 bridgehead atoms. The van der Waals surface area contributed by atoms with E-state index < -0.39 is 5.97 Å². The van der Waals surface area contributed by atoms with Crippen LogP contribution in [0.15, 0.2) is 12.7 Å². The highest BCUT2D eigenvalue weighted by atomic mass is 32.2. The largest absolute Gasteiger partial charge is 0.481 e. The van der Waals surface area contributed by atoms with Gasteiger partial charge in [0, 0.05) is 24.1 Å². The quantitative estimate of drug-likeness (QED) is 0.531. The van der Waals surface area contributed by atoms with Crippen molar-refractivity contribution in [3.63, 3.8) is 0 Å². The normalized spacial score (nSPS) is 25.2. The first-order chi connectivity index (χ1) is 7.74. The molecule has 2 N–H and O–H groups in total. The van der Waals surface area contributed by atoms with Gasteiger partial charge >= 0.3 is 5.97 Å². The summed E-state index contributed by atoms with van der Waals surface area (Å²) in [7, 11) is 0. The summed E-state index contributed by atoms with van der Waals surface area (Å²) in [5.74, 6) is 1.30. The zero-order chi connectivity index (χ0) is 11.8. The summed E-state index contributed by atoms with van der Waals surface area (Å²) in [6.45, 7) is 4.64. The third-order valence-electron chi connectivity index (χ3n) is 2.94. The van der Waals surface area contributed by atoms with E-state index in [0.717, 1.165) is 43.7 Å². The number of hydrogen-bond acceptors (Lipinski definition) is 3. The Morgan fingerprint density at radius 2 is 2.38 bits per heavy atom. The number of carboxylic acids is 1. The summed E-state index contributed by atoms with van der Waals surface area (Å²) < 4.78 is 0. The lowest BCUT2D eigenvalue weighted by Crippen LogP contribution is -2.37. The predicted molar refractivity (Wildman–Crippen MR) is 68.9 cm³/mol. The summed E-state index contributed by atoms with van der Waals surface area (Å²) >= 11 is 1.85. The van der Waals surface area contributed by atoms with Gasteiger partial charge in [0.2, 0.25) is 0 Å². The summed E-state index contributed by atoms with van der Waals surface area (Å²) in [4.78, 5) is 10.9. The number of nitrogens with one attached hydrogen (secondary N) is 1. The number of aliphatic carboxylic acids is 1. The van der Waals surface area contributed by atoms with Crippen molar-refractivity contribution in [2.45, 2.75) is 31.7 Å². The molecule has 1 saturated carbocycles. The van der Waals surface area contributed by atoms with Gasteiger partial charge in [0.05, 0.1) is 5.92 Å². The van der Waals surface area contributed by atoms with E-state index in [1.807, 2.05) is 17.8 Å². The minimum atomic E-state index is -0.632. The van der Waals surface area contributed by atoms with Crippen LogP contribution in [-0.2, 0) is 4.79 Å². The highest BCUT2D eigenvalue weighted by Crippen LogP contribution is 2.24. The number of thioether (sulfide) groups is 1. The van der Waals surface area contributed by atoms with Crippen molar-refractivity contribution in [2.75, 3.05) is 18.1 Å². The van der Waals surface area contributed by atoms with E-state index in [-0.39, 0.29) is 5.92 Å². The minimum absolute atomic E-state index is 0.132. The molecule has 2 atom stereocenters. The van der Waals surface area contributed by atoms with E-state index >= 15 is 0 Å². The molecule has 0 aliphatic heterocycles. The van der Waals surface area contributed by atoms with Gasteiger partial charge in [0.1, 0.15) is 0 Å². The lowest BCUT2D eigenvalue weighted by Gasteiger charge is -2.27. The molecule has 92 valence electrons. The van der Waals surface area contributed by atoms with E-state index in [2.05, 4.69) is 11.9 Å². The van der Waals surface area contributed by atoms with Gasteiger partial charge in [-0.1, -0.05) is 12.5 Å². The molecule has 1 rings (SSSR count). The molecule has 0 aromatic rings. The SMILES string of the molecule is C=CCSCCNC1CCCC(C(=O)O)C1. The average molecular weight is 243 g/mol. The van der Waals surface area contributed by atoms with Crippen LogP contribution >= 0.6 is 11.8 Å². The van der Waals surface area contributed by atoms with Crippen LogP contribution in [0.2, 0.25) is 0 Å². The van der Waals surface area contributed by atoms with Crippen molar-refractivity contribution in [3.8, 4) is 0 Å². The fourth-order valence-corrected chi connectivity index (χ4v) is 2.70. The highest BCUT2D eigenvalue weighted by molar-refractivity contribution is 7.99. The molecule has 0 amide bonds. The van der Waals surface area contributed by atoms with E-state index in [1.165, 1.54) is 0 Å². The smallest absolute Gasteiger partial charge is 0.306 e. The Hall–Kier alpha value is -0.480. The molecule has 1 aliphatic rings. The zero-order valence-electron chi connectivity index (χ0n) is 9.65. The van der Waals surface area contributed by atoms with E-state index in [9.17, 15) is 4.79 Å². The Kier molecular flexibility index (Phi) is 6.57. The first-order valence-electron chi connectivity index (χ1n) is 5.89. The first kappa shape index (κ1) is 13.6. The topological polar surface area (TPSA) is 49.3 Å².